The van der Waals surface area contributed by atoms with E-state index in [-0.39, 0.29) is 34.0 Å². The summed E-state index contributed by atoms with van der Waals surface area (Å²) in [7, 11) is 0. The predicted octanol–water partition coefficient (Wildman–Crippen LogP) is -4.72. The van der Waals surface area contributed by atoms with Crippen molar-refractivity contribution in [1.29, 1.82) is 0 Å². The lowest BCUT2D eigenvalue weighted by atomic mass is 9.33. The van der Waals surface area contributed by atoms with E-state index < -0.39 is 239 Å². The third-order valence-electron chi connectivity index (χ3n) is 25.2. The average Bonchev–Trinajstić information content (AvgIpc) is 0.784. The van der Waals surface area contributed by atoms with E-state index in [2.05, 4.69) is 54.5 Å². The van der Waals surface area contributed by atoms with Crippen molar-refractivity contribution in [1.82, 2.24) is 0 Å². The minimum absolute atomic E-state index is 0.0882. The number of carbonyl (C=O) groups excluding carboxylic acids is 1. The molecule has 6 heterocycles. The van der Waals surface area contributed by atoms with Crippen LogP contribution < -0.4 is 0 Å². The van der Waals surface area contributed by atoms with Crippen LogP contribution in [0.5, 0.6) is 0 Å². The Morgan fingerprint density at radius 1 is 0.521 bits per heavy atom. The van der Waals surface area contributed by atoms with Gasteiger partial charge < -0.3 is 149 Å². The molecule has 37 atom stereocenters. The number of esters is 1. The largest absolute Gasteiger partial charge is 0.432 e. The van der Waals surface area contributed by atoms with E-state index in [0.717, 1.165) is 19.3 Å². The first-order chi connectivity index (χ1) is 45.1. The summed E-state index contributed by atoms with van der Waals surface area (Å²) in [6.45, 7) is 13.5. The Bertz CT molecular complexity index is 2690. The molecule has 6 saturated heterocycles. The summed E-state index contributed by atoms with van der Waals surface area (Å²) >= 11 is 0. The zero-order chi connectivity index (χ0) is 70.0. The van der Waals surface area contributed by atoms with Crippen LogP contribution in [0.3, 0.4) is 0 Å². The second-order valence-corrected chi connectivity index (χ2v) is 31.4. The molecule has 11 rings (SSSR count). The number of fused-ring (bicyclic) bond motifs is 7. The minimum atomic E-state index is -2.00. The molecule has 4 saturated carbocycles. The van der Waals surface area contributed by atoms with Crippen LogP contribution in [0, 0.1) is 50.2 Å². The fourth-order valence-corrected chi connectivity index (χ4v) is 19.2. The second kappa shape index (κ2) is 28.3. The van der Waals surface area contributed by atoms with Crippen molar-refractivity contribution >= 4 is 5.97 Å². The van der Waals surface area contributed by atoms with Crippen LogP contribution in [-0.2, 0) is 61.6 Å². The Kier molecular flexibility index (Phi) is 22.1. The van der Waals surface area contributed by atoms with E-state index in [9.17, 15) is 91.9 Å². The van der Waals surface area contributed by atoms with Gasteiger partial charge in [0, 0.05) is 0 Å². The van der Waals surface area contributed by atoms with Gasteiger partial charge in [-0.25, -0.2) is 0 Å². The van der Waals surface area contributed by atoms with Crippen LogP contribution in [0.25, 0.3) is 0 Å². The number of carbonyl (C=O) groups is 1. The van der Waals surface area contributed by atoms with Crippen molar-refractivity contribution in [2.24, 2.45) is 50.2 Å². The Labute approximate surface area is 556 Å². The molecule has 18 N–H and O–H groups in total. The standard InChI is InChI=1S/C65H106O31/c1-25-36(73)50(93-58-51(44(81)47(91-58)28(70)20-66)94-53-41(78)37(74)30(72)24-85-53)46(83)56(86-25)89-35-12-13-62(6)33(61(35,4)5)11-14-64(8)34(62)10-9-26-27-19-60(2,3)15-17-65(27,18-16-63(26,64)7)59(84)96-55-43(80)40(77)49(32(23-69)88-55)92-57-52(45(82)48(90-57)29(71)21-67)95-54-42(79)39(76)38(75)31(22-68)87-54/h9,25,27-58,66-83H,10-24H2,1-8H3/t25-,27+,28?,29?,30-,31-,32-,33?,34?,35+,36-,37-,38-,39-,40+,41-,42-,43-,44-,45-,46-,47-,48-,49+,50-,51-,52-,53+,54+,55+,56+,57+,58-,62+,63?,64-,65?/m1/s1. The molecule has 11 aliphatic rings. The molecule has 0 aromatic rings. The summed E-state index contributed by atoms with van der Waals surface area (Å²) in [6.07, 6.45) is -40.3. The number of aliphatic hydroxyl groups excluding tert-OH is 18. The van der Waals surface area contributed by atoms with Crippen molar-refractivity contribution in [2.45, 2.75) is 304 Å². The number of hydrogen-bond donors (Lipinski definition) is 18. The van der Waals surface area contributed by atoms with Gasteiger partial charge >= 0.3 is 5.97 Å². The smallest absolute Gasteiger partial charge is 0.315 e. The maximum Gasteiger partial charge on any atom is 0.315 e. The summed E-state index contributed by atoms with van der Waals surface area (Å²) in [5, 5.41) is 194. The lowest BCUT2D eigenvalue weighted by Crippen LogP contribution is -2.66. The third-order valence-corrected chi connectivity index (χ3v) is 25.2. The van der Waals surface area contributed by atoms with Crippen molar-refractivity contribution in [2.75, 3.05) is 33.0 Å². The Morgan fingerprint density at radius 2 is 1.07 bits per heavy atom. The van der Waals surface area contributed by atoms with Gasteiger partial charge in [0.1, 0.15) is 134 Å². The van der Waals surface area contributed by atoms with Crippen LogP contribution in [0.1, 0.15) is 120 Å². The fraction of sp³-hybridized carbons (Fsp3) is 0.954. The number of allylic oxidation sites excluding steroid dienone is 2. The molecule has 5 aliphatic carbocycles. The summed E-state index contributed by atoms with van der Waals surface area (Å²) in [5.74, 6) is -0.704. The van der Waals surface area contributed by atoms with Crippen LogP contribution in [0.15, 0.2) is 11.6 Å². The Morgan fingerprint density at radius 3 is 1.69 bits per heavy atom. The highest BCUT2D eigenvalue weighted by atomic mass is 16.8. The van der Waals surface area contributed by atoms with Crippen LogP contribution in [0.2, 0.25) is 0 Å². The van der Waals surface area contributed by atoms with Gasteiger partial charge in [0.25, 0.3) is 0 Å². The Balaban J connectivity index is 0.778. The third kappa shape index (κ3) is 12.8. The lowest BCUT2D eigenvalue weighted by Gasteiger charge is -2.71. The molecule has 0 radical (unpaired) electrons. The molecule has 31 heteroatoms. The van der Waals surface area contributed by atoms with E-state index in [4.69, 9.17) is 56.8 Å². The minimum Gasteiger partial charge on any atom is -0.432 e. The molecule has 31 nitrogen and oxygen atoms in total. The van der Waals surface area contributed by atoms with E-state index in [1.807, 2.05) is 0 Å². The SMILES string of the molecule is C[C@H]1O[C@@H](O[C@H]2CC[C@@]3(C)C(CC[C@]4(C)C3CC=C3[C@@H]5CC(C)(C)CCC5(C(=O)O[C@@H]5O[C@H](CO)[C@H](O[C@@H]6O[C@H](C(O)CO)[C@@H](O)[C@H]6O[C@@H]6O[C@H](CO)[C@@H](O)[C@@H](O)[C@H]6O)[C@@H](O)[C@H]5O)CCC34C)C2(C)C)[C@H](O)[C@H](O[C@H]2O[C@H](C(O)CO)[C@@H](O)[C@H]2O[C@@H]2OC[C@@H](O)[C@@H](O)[C@H]2O)[C@@H]1O. The topological polar surface area (TPSA) is 492 Å². The number of hydrogen-bond acceptors (Lipinski definition) is 31. The summed E-state index contributed by atoms with van der Waals surface area (Å²) in [5.41, 5.74) is -1.58. The van der Waals surface area contributed by atoms with Crippen LogP contribution >= 0.6 is 0 Å². The molecular weight excluding hydrogens is 1280 g/mol. The van der Waals surface area contributed by atoms with Gasteiger partial charge in [-0.1, -0.05) is 60.1 Å². The molecule has 552 valence electrons. The van der Waals surface area contributed by atoms with Gasteiger partial charge in [0.2, 0.25) is 6.29 Å². The molecule has 0 bridgehead atoms. The first-order valence-corrected chi connectivity index (χ1v) is 34.1. The average molecular weight is 1380 g/mol. The predicted molar refractivity (Wildman–Crippen MR) is 321 cm³/mol. The monoisotopic (exact) mass is 1380 g/mol. The highest BCUT2D eigenvalue weighted by Gasteiger charge is 2.71. The van der Waals surface area contributed by atoms with Gasteiger partial charge in [-0.3, -0.25) is 4.79 Å². The highest BCUT2D eigenvalue weighted by molar-refractivity contribution is 5.79. The van der Waals surface area contributed by atoms with Crippen molar-refractivity contribution < 1.29 is 154 Å². The molecule has 6 unspecified atom stereocenters. The maximum atomic E-state index is 15.4. The van der Waals surface area contributed by atoms with Gasteiger partial charge in [0.05, 0.1) is 50.7 Å². The van der Waals surface area contributed by atoms with Gasteiger partial charge in [0.15, 0.2) is 31.5 Å². The first kappa shape index (κ1) is 75.2. The molecule has 96 heavy (non-hydrogen) atoms. The molecule has 0 aromatic carbocycles. The lowest BCUT2D eigenvalue weighted by molar-refractivity contribution is -0.352. The molecule has 6 aliphatic heterocycles. The quantitative estimate of drug-likeness (QED) is 0.0348. The Hall–Kier alpha value is -1.95. The zero-order valence-corrected chi connectivity index (χ0v) is 55.6. The molecule has 0 spiro atoms. The van der Waals surface area contributed by atoms with E-state index in [0.29, 0.717) is 44.9 Å². The number of ether oxygens (including phenoxy) is 12. The first-order valence-electron chi connectivity index (χ1n) is 34.1. The molecular formula is C65H106O31. The van der Waals surface area contributed by atoms with Gasteiger partial charge in [-0.15, -0.1) is 0 Å². The van der Waals surface area contributed by atoms with Crippen LogP contribution in [0.4, 0.5) is 0 Å². The summed E-state index contributed by atoms with van der Waals surface area (Å²) in [6, 6.07) is 0. The van der Waals surface area contributed by atoms with Crippen molar-refractivity contribution in [3.8, 4) is 0 Å². The van der Waals surface area contributed by atoms with Crippen LogP contribution in [-0.4, -0.2) is 315 Å². The fourth-order valence-electron chi connectivity index (χ4n) is 19.2. The van der Waals surface area contributed by atoms with E-state index in [1.165, 1.54) is 5.57 Å². The van der Waals surface area contributed by atoms with Crippen molar-refractivity contribution in [3.63, 3.8) is 0 Å². The normalized spacial score (nSPS) is 53.0. The summed E-state index contributed by atoms with van der Waals surface area (Å²) < 4.78 is 71.9. The molecule has 0 amide bonds. The molecule has 0 aromatic heterocycles. The van der Waals surface area contributed by atoms with E-state index in [1.54, 1.807) is 6.92 Å². The van der Waals surface area contributed by atoms with E-state index >= 15 is 4.79 Å². The zero-order valence-electron chi connectivity index (χ0n) is 55.6. The maximum absolute atomic E-state index is 15.4. The summed E-state index contributed by atoms with van der Waals surface area (Å²) in [4.78, 5) is 15.4. The van der Waals surface area contributed by atoms with Gasteiger partial charge in [-0.05, 0) is 116 Å². The number of aliphatic hydroxyl groups is 18. The highest BCUT2D eigenvalue weighted by Crippen LogP contribution is 2.76. The van der Waals surface area contributed by atoms with Gasteiger partial charge in [-0.2, -0.15) is 0 Å². The number of rotatable bonds is 18. The van der Waals surface area contributed by atoms with Crippen molar-refractivity contribution in [3.05, 3.63) is 11.6 Å². The molecule has 10 fully saturated rings. The second-order valence-electron chi connectivity index (χ2n) is 31.4.